The third-order valence-electron chi connectivity index (χ3n) is 5.87. The fraction of sp³-hybridized carbons (Fsp3) is 0.722. The minimum Gasteiger partial charge on any atom is -0.387 e. The lowest BCUT2D eigenvalue weighted by atomic mass is 10.1. The number of aromatic nitrogens is 4. The molecule has 164 valence electrons. The molecule has 5 heterocycles. The van der Waals surface area contributed by atoms with E-state index in [9.17, 15) is 10.2 Å². The normalized spacial score (nSPS) is 36.9. The van der Waals surface area contributed by atoms with E-state index in [1.54, 1.807) is 10.9 Å². The van der Waals surface area contributed by atoms with E-state index in [-0.39, 0.29) is 18.2 Å². The molecule has 7 atom stereocenters. The van der Waals surface area contributed by atoms with Gasteiger partial charge in [0.05, 0.1) is 6.33 Å². The number of aliphatic hydroxyl groups is 2. The van der Waals surface area contributed by atoms with Crippen LogP contribution in [0.15, 0.2) is 12.7 Å². The van der Waals surface area contributed by atoms with Crippen LogP contribution in [-0.4, -0.2) is 79.6 Å². The van der Waals surface area contributed by atoms with Gasteiger partial charge in [-0.3, -0.25) is 4.57 Å². The van der Waals surface area contributed by atoms with Crippen LogP contribution < -0.4 is 21.5 Å². The van der Waals surface area contributed by atoms with E-state index in [0.29, 0.717) is 17.0 Å². The lowest BCUT2D eigenvalue weighted by Gasteiger charge is -2.21. The summed E-state index contributed by atoms with van der Waals surface area (Å²) in [6.45, 7) is 5.88. The monoisotopic (exact) mass is 420 g/mol. The van der Waals surface area contributed by atoms with Crippen LogP contribution in [0.25, 0.3) is 11.2 Å². The second-order valence-corrected chi connectivity index (χ2v) is 8.36. The molecule has 0 radical (unpaired) electrons. The summed E-state index contributed by atoms with van der Waals surface area (Å²) in [6.07, 6.45) is -0.701. The number of hydrogen-bond acceptors (Lipinski definition) is 11. The van der Waals surface area contributed by atoms with Gasteiger partial charge < -0.3 is 30.3 Å². The first-order valence-corrected chi connectivity index (χ1v) is 10.4. The van der Waals surface area contributed by atoms with Gasteiger partial charge in [-0.05, 0) is 18.9 Å². The highest BCUT2D eigenvalue weighted by Gasteiger charge is 2.50. The van der Waals surface area contributed by atoms with E-state index in [4.69, 9.17) is 9.47 Å². The van der Waals surface area contributed by atoms with Crippen molar-refractivity contribution in [3.05, 3.63) is 12.7 Å². The maximum Gasteiger partial charge on any atom is 0.167 e. The number of hydrazine groups is 1. The topological polar surface area (TPSA) is 151 Å². The second-order valence-electron chi connectivity index (χ2n) is 8.36. The molecule has 6 N–H and O–H groups in total. The third-order valence-corrected chi connectivity index (χ3v) is 5.87. The lowest BCUT2D eigenvalue weighted by Crippen LogP contribution is -2.46. The molecule has 3 aliphatic rings. The Hall–Kier alpha value is -1.93. The van der Waals surface area contributed by atoms with Crippen LogP contribution in [0.1, 0.15) is 26.5 Å². The van der Waals surface area contributed by atoms with Gasteiger partial charge in [0.25, 0.3) is 0 Å². The predicted molar refractivity (Wildman–Crippen MR) is 106 cm³/mol. The molecule has 2 aromatic heterocycles. The third kappa shape index (κ3) is 3.43. The first-order valence-electron chi connectivity index (χ1n) is 10.4. The van der Waals surface area contributed by atoms with Crippen LogP contribution in [0.2, 0.25) is 0 Å². The van der Waals surface area contributed by atoms with E-state index in [2.05, 4.69) is 36.4 Å². The molecule has 30 heavy (non-hydrogen) atoms. The molecular weight excluding hydrogens is 392 g/mol. The maximum absolute atomic E-state index is 10.7. The van der Waals surface area contributed by atoms with Gasteiger partial charge in [0.2, 0.25) is 0 Å². The molecule has 0 aromatic carbocycles. The summed E-state index contributed by atoms with van der Waals surface area (Å²) in [5, 5.41) is 28.0. The summed E-state index contributed by atoms with van der Waals surface area (Å²) in [4.78, 5) is 13.1. The minimum absolute atomic E-state index is 0.206. The predicted octanol–water partition coefficient (Wildman–Crippen LogP) is -1.35. The molecule has 3 aliphatic heterocycles. The Bertz CT molecular complexity index is 888. The molecule has 0 bridgehead atoms. The fourth-order valence-corrected chi connectivity index (χ4v) is 4.15. The average molecular weight is 420 g/mol. The molecule has 3 fully saturated rings. The smallest absolute Gasteiger partial charge is 0.167 e. The van der Waals surface area contributed by atoms with Crippen molar-refractivity contribution in [2.24, 2.45) is 5.92 Å². The number of nitrogens with zero attached hydrogens (tertiary/aromatic N) is 4. The highest BCUT2D eigenvalue weighted by Crippen LogP contribution is 2.34. The summed E-state index contributed by atoms with van der Waals surface area (Å²) < 4.78 is 13.5. The van der Waals surface area contributed by atoms with Crippen LogP contribution in [-0.2, 0) is 9.47 Å². The highest BCUT2D eigenvalue weighted by molar-refractivity contribution is 5.82. The van der Waals surface area contributed by atoms with E-state index in [0.717, 1.165) is 19.5 Å². The Morgan fingerprint density at radius 1 is 1.17 bits per heavy atom. The Morgan fingerprint density at radius 3 is 2.77 bits per heavy atom. The second kappa shape index (κ2) is 7.96. The molecule has 5 rings (SSSR count). The summed E-state index contributed by atoms with van der Waals surface area (Å²) in [6, 6.07) is 0.278. The highest BCUT2D eigenvalue weighted by atomic mass is 16.6. The van der Waals surface area contributed by atoms with Gasteiger partial charge in [-0.15, -0.1) is 0 Å². The average Bonchev–Trinajstić information content (AvgIpc) is 3.51. The number of nitrogens with one attached hydrogen (secondary N) is 4. The summed E-state index contributed by atoms with van der Waals surface area (Å²) in [7, 11) is 0. The van der Waals surface area contributed by atoms with Gasteiger partial charge in [-0.2, -0.15) is 0 Å². The van der Waals surface area contributed by atoms with E-state index >= 15 is 0 Å². The molecule has 0 spiro atoms. The summed E-state index contributed by atoms with van der Waals surface area (Å²) in [5.41, 5.74) is 7.15. The van der Waals surface area contributed by atoms with Gasteiger partial charge in [0.1, 0.15) is 30.9 Å². The van der Waals surface area contributed by atoms with Crippen LogP contribution in [0.3, 0.4) is 0 Å². The Morgan fingerprint density at radius 2 is 2.03 bits per heavy atom. The molecule has 2 aromatic rings. The van der Waals surface area contributed by atoms with Gasteiger partial charge in [-0.1, -0.05) is 13.8 Å². The number of hydrogen-bond donors (Lipinski definition) is 6. The number of aliphatic hydroxyl groups excluding tert-OH is 2. The number of ether oxygens (including phenoxy) is 2. The van der Waals surface area contributed by atoms with Crippen LogP contribution >= 0.6 is 0 Å². The van der Waals surface area contributed by atoms with Gasteiger partial charge >= 0.3 is 0 Å². The zero-order valence-corrected chi connectivity index (χ0v) is 16.9. The fourth-order valence-electron chi connectivity index (χ4n) is 4.15. The van der Waals surface area contributed by atoms with Crippen LogP contribution in [0.4, 0.5) is 5.82 Å². The molecule has 3 unspecified atom stereocenters. The van der Waals surface area contributed by atoms with E-state index < -0.39 is 30.8 Å². The zero-order chi connectivity index (χ0) is 20.8. The van der Waals surface area contributed by atoms with E-state index in [1.165, 1.54) is 6.33 Å². The first-order chi connectivity index (χ1) is 14.5. The van der Waals surface area contributed by atoms with Crippen LogP contribution in [0.5, 0.6) is 0 Å². The largest absolute Gasteiger partial charge is 0.387 e. The molecule has 3 saturated heterocycles. The van der Waals surface area contributed by atoms with Crippen molar-refractivity contribution in [2.45, 2.75) is 63.3 Å². The Labute approximate surface area is 173 Å². The maximum atomic E-state index is 10.7. The molecule has 12 heteroatoms. The van der Waals surface area contributed by atoms with Crippen LogP contribution in [0, 0.1) is 5.92 Å². The zero-order valence-electron chi connectivity index (χ0n) is 16.9. The molecular formula is C18H28N8O4. The van der Waals surface area contributed by atoms with Crippen molar-refractivity contribution in [1.82, 2.24) is 35.7 Å². The van der Waals surface area contributed by atoms with Gasteiger partial charge in [-0.25, -0.2) is 25.8 Å². The van der Waals surface area contributed by atoms with Crippen molar-refractivity contribution >= 4 is 17.0 Å². The number of fused-ring (bicyclic) bond motifs is 1. The quantitative estimate of drug-likeness (QED) is 0.341. The molecule has 0 aliphatic carbocycles. The van der Waals surface area contributed by atoms with Gasteiger partial charge in [0, 0.05) is 12.6 Å². The van der Waals surface area contributed by atoms with Gasteiger partial charge in [0.15, 0.2) is 29.4 Å². The summed E-state index contributed by atoms with van der Waals surface area (Å²) in [5.74, 6) is 0.874. The number of imidazole rings is 1. The Kier molecular flexibility index (Phi) is 5.31. The van der Waals surface area contributed by atoms with Crippen molar-refractivity contribution < 1.29 is 19.7 Å². The lowest BCUT2D eigenvalue weighted by molar-refractivity contribution is -0.113. The summed E-state index contributed by atoms with van der Waals surface area (Å²) >= 11 is 0. The van der Waals surface area contributed by atoms with Crippen molar-refractivity contribution in [2.75, 3.05) is 18.4 Å². The van der Waals surface area contributed by atoms with Crippen molar-refractivity contribution in [3.8, 4) is 0 Å². The van der Waals surface area contributed by atoms with Crippen molar-refractivity contribution in [3.63, 3.8) is 0 Å². The molecule has 0 saturated carbocycles. The molecule has 12 nitrogen and oxygen atoms in total. The van der Waals surface area contributed by atoms with E-state index in [1.807, 2.05) is 13.8 Å². The number of rotatable bonds is 5. The van der Waals surface area contributed by atoms with Crippen molar-refractivity contribution in [1.29, 1.82) is 0 Å². The molecule has 0 amide bonds. The minimum atomic E-state index is -1.17. The SMILES string of the molecule is CC(C)C1NNC([C@H]2O[C@@H](n3cnc4c(NC5CCNC5)ncnc43)[C@H](O)[C@@H]2O)O1. The standard InChI is InChI=1S/C18H28N8O4/c1-8(2)16-24-25-17(30-16)13-11(27)12(28)18(29-13)26-7-22-10-14(20-6-21-15(10)26)23-9-3-4-19-5-9/h6-9,11-13,16-19,24-25,27-28H,3-5H2,1-2H3,(H,20,21,23)/t9?,11-,12+,13-,16?,17?,18+/m0/s1. The Balaban J connectivity index is 1.37. The number of anilines is 1. The first kappa shape index (κ1) is 20.0.